The minimum absolute atomic E-state index is 0.0737. The molecule has 1 saturated heterocycles. The molecule has 102 valence electrons. The highest BCUT2D eigenvalue weighted by Gasteiger charge is 2.38. The average molecular weight is 264 g/mol. The number of fused-ring (bicyclic) bond motifs is 2. The molecule has 3 rings (SSSR count). The van der Waals surface area contributed by atoms with E-state index in [0.29, 0.717) is 25.3 Å². The third-order valence-electron chi connectivity index (χ3n) is 3.68. The molecule has 0 aromatic carbocycles. The van der Waals surface area contributed by atoms with Gasteiger partial charge in [0.1, 0.15) is 0 Å². The van der Waals surface area contributed by atoms with Gasteiger partial charge in [-0.1, -0.05) is 6.92 Å². The largest absolute Gasteiger partial charge is 0.503 e. The first-order chi connectivity index (χ1) is 8.99. The van der Waals surface area contributed by atoms with Crippen molar-refractivity contribution in [3.05, 3.63) is 27.7 Å². The highest BCUT2D eigenvalue weighted by molar-refractivity contribution is 5.96. The van der Waals surface area contributed by atoms with Crippen LogP contribution < -0.4 is 5.43 Å². The SMILES string of the molecule is Cc1cn2c(c(O)c1=O)C(=O)N1C[C@H](C)CO[C@H]1C2. The molecule has 0 spiro atoms. The van der Waals surface area contributed by atoms with Crippen molar-refractivity contribution in [2.45, 2.75) is 26.6 Å². The van der Waals surface area contributed by atoms with E-state index in [2.05, 4.69) is 0 Å². The zero-order valence-corrected chi connectivity index (χ0v) is 10.9. The van der Waals surface area contributed by atoms with Crippen molar-refractivity contribution in [1.29, 1.82) is 0 Å². The third kappa shape index (κ3) is 1.74. The number of ether oxygens (including phenoxy) is 1. The van der Waals surface area contributed by atoms with Gasteiger partial charge in [0.2, 0.25) is 5.43 Å². The second-order valence-electron chi connectivity index (χ2n) is 5.34. The maximum absolute atomic E-state index is 12.4. The smallest absolute Gasteiger partial charge is 0.276 e. The van der Waals surface area contributed by atoms with Crippen LogP contribution in [0, 0.1) is 12.8 Å². The van der Waals surface area contributed by atoms with Crippen LogP contribution in [0.4, 0.5) is 0 Å². The molecule has 1 aromatic rings. The number of carbonyl (C=O) groups excluding carboxylic acids is 1. The first-order valence-corrected chi connectivity index (χ1v) is 6.34. The van der Waals surface area contributed by atoms with Crippen LogP contribution in [0.1, 0.15) is 23.0 Å². The van der Waals surface area contributed by atoms with Gasteiger partial charge >= 0.3 is 0 Å². The Morgan fingerprint density at radius 3 is 2.84 bits per heavy atom. The molecule has 1 fully saturated rings. The van der Waals surface area contributed by atoms with Crippen LogP contribution in [0.2, 0.25) is 0 Å². The molecule has 1 N–H and O–H groups in total. The van der Waals surface area contributed by atoms with Crippen LogP contribution >= 0.6 is 0 Å². The predicted octanol–water partition coefficient (Wildman–Crippen LogP) is 0.311. The van der Waals surface area contributed by atoms with Gasteiger partial charge < -0.3 is 19.3 Å². The lowest BCUT2D eigenvalue weighted by molar-refractivity contribution is -0.111. The molecule has 1 aromatic heterocycles. The predicted molar refractivity (Wildman–Crippen MR) is 67.0 cm³/mol. The lowest BCUT2D eigenvalue weighted by atomic mass is 10.1. The van der Waals surface area contributed by atoms with E-state index in [1.165, 1.54) is 0 Å². The molecule has 19 heavy (non-hydrogen) atoms. The number of nitrogens with zero attached hydrogens (tertiary/aromatic N) is 2. The maximum Gasteiger partial charge on any atom is 0.276 e. The molecule has 2 aliphatic rings. The molecular weight excluding hydrogens is 248 g/mol. The first-order valence-electron chi connectivity index (χ1n) is 6.34. The highest BCUT2D eigenvalue weighted by atomic mass is 16.5. The normalized spacial score (nSPS) is 26.0. The summed E-state index contributed by atoms with van der Waals surface area (Å²) < 4.78 is 7.27. The number of aromatic nitrogens is 1. The number of hydrogen-bond acceptors (Lipinski definition) is 4. The lowest BCUT2D eigenvalue weighted by Gasteiger charge is -2.42. The molecular formula is C13H16N2O4. The van der Waals surface area contributed by atoms with Crippen molar-refractivity contribution in [3.8, 4) is 5.75 Å². The van der Waals surface area contributed by atoms with Gasteiger partial charge in [-0.05, 0) is 12.8 Å². The number of hydrogen-bond donors (Lipinski definition) is 1. The van der Waals surface area contributed by atoms with Gasteiger partial charge in [0, 0.05) is 18.3 Å². The van der Waals surface area contributed by atoms with Gasteiger partial charge in [0.05, 0.1) is 13.2 Å². The van der Waals surface area contributed by atoms with Crippen LogP contribution in [-0.4, -0.2) is 39.9 Å². The van der Waals surface area contributed by atoms with Crippen LogP contribution in [0.15, 0.2) is 11.0 Å². The molecule has 0 unspecified atom stereocenters. The fourth-order valence-electron chi connectivity index (χ4n) is 2.70. The summed E-state index contributed by atoms with van der Waals surface area (Å²) in [7, 11) is 0. The molecule has 2 atom stereocenters. The Kier molecular flexibility index (Phi) is 2.63. The molecule has 2 aliphatic heterocycles. The van der Waals surface area contributed by atoms with E-state index >= 15 is 0 Å². The fourth-order valence-corrected chi connectivity index (χ4v) is 2.70. The van der Waals surface area contributed by atoms with E-state index in [0.717, 1.165) is 0 Å². The molecule has 0 bridgehead atoms. The second-order valence-corrected chi connectivity index (χ2v) is 5.34. The molecule has 0 saturated carbocycles. The molecule has 0 aliphatic carbocycles. The minimum atomic E-state index is -0.482. The van der Waals surface area contributed by atoms with E-state index < -0.39 is 11.2 Å². The number of pyridine rings is 1. The number of carbonyl (C=O) groups is 1. The maximum atomic E-state index is 12.4. The summed E-state index contributed by atoms with van der Waals surface area (Å²) in [6, 6.07) is 0. The summed E-state index contributed by atoms with van der Waals surface area (Å²) in [4.78, 5) is 25.7. The van der Waals surface area contributed by atoms with E-state index in [1.54, 1.807) is 22.6 Å². The summed E-state index contributed by atoms with van der Waals surface area (Å²) in [6.07, 6.45) is 1.30. The van der Waals surface area contributed by atoms with Crippen LogP contribution in [0.5, 0.6) is 5.75 Å². The summed E-state index contributed by atoms with van der Waals surface area (Å²) in [5, 5.41) is 9.93. The Hall–Kier alpha value is -1.82. The van der Waals surface area contributed by atoms with Crippen molar-refractivity contribution in [2.24, 2.45) is 5.92 Å². The molecule has 6 heteroatoms. The van der Waals surface area contributed by atoms with Gasteiger partial charge in [0.15, 0.2) is 17.7 Å². The van der Waals surface area contributed by atoms with Gasteiger partial charge in [-0.3, -0.25) is 9.59 Å². The monoisotopic (exact) mass is 264 g/mol. The minimum Gasteiger partial charge on any atom is -0.503 e. The Morgan fingerprint density at radius 1 is 1.37 bits per heavy atom. The zero-order chi connectivity index (χ0) is 13.7. The Morgan fingerprint density at radius 2 is 2.11 bits per heavy atom. The van der Waals surface area contributed by atoms with E-state index in [1.807, 2.05) is 6.92 Å². The van der Waals surface area contributed by atoms with Crippen molar-refractivity contribution in [3.63, 3.8) is 0 Å². The molecule has 0 radical (unpaired) electrons. The van der Waals surface area contributed by atoms with Crippen LogP contribution in [0.25, 0.3) is 0 Å². The fraction of sp³-hybridized carbons (Fsp3) is 0.538. The van der Waals surface area contributed by atoms with E-state index in [9.17, 15) is 14.7 Å². The molecule has 1 amide bonds. The summed E-state index contributed by atoms with van der Waals surface area (Å²) in [5.74, 6) is -0.537. The zero-order valence-electron chi connectivity index (χ0n) is 10.9. The van der Waals surface area contributed by atoms with E-state index in [-0.39, 0.29) is 23.7 Å². The standard InChI is InChI=1S/C13H16N2O4/c1-7-3-15-9(19-6-7)5-14-4-8(2)11(16)12(17)10(14)13(15)18/h4,7,9,17H,3,5-6H2,1-2H3/t7-,9-/m0/s1. The van der Waals surface area contributed by atoms with Gasteiger partial charge in [-0.15, -0.1) is 0 Å². The Labute approximate surface area is 110 Å². The average Bonchev–Trinajstić information content (AvgIpc) is 2.37. The van der Waals surface area contributed by atoms with Gasteiger partial charge in [-0.25, -0.2) is 0 Å². The summed E-state index contributed by atoms with van der Waals surface area (Å²) in [6.45, 7) is 5.28. The number of amides is 1. The summed E-state index contributed by atoms with van der Waals surface area (Å²) in [5.41, 5.74) is 0.0141. The molecule has 3 heterocycles. The Balaban J connectivity index is 2.12. The van der Waals surface area contributed by atoms with Crippen LogP contribution in [-0.2, 0) is 11.3 Å². The van der Waals surface area contributed by atoms with Gasteiger partial charge in [-0.2, -0.15) is 0 Å². The second kappa shape index (κ2) is 4.09. The van der Waals surface area contributed by atoms with Crippen LogP contribution in [0.3, 0.4) is 0 Å². The van der Waals surface area contributed by atoms with Crippen molar-refractivity contribution in [2.75, 3.05) is 13.2 Å². The quantitative estimate of drug-likeness (QED) is 0.732. The van der Waals surface area contributed by atoms with Gasteiger partial charge in [0.25, 0.3) is 5.91 Å². The third-order valence-corrected chi connectivity index (χ3v) is 3.68. The number of aryl methyl sites for hydroxylation is 1. The first kappa shape index (κ1) is 12.2. The summed E-state index contributed by atoms with van der Waals surface area (Å²) >= 11 is 0. The Bertz CT molecular complexity index is 607. The van der Waals surface area contributed by atoms with Crippen molar-refractivity contribution < 1.29 is 14.6 Å². The van der Waals surface area contributed by atoms with Crippen molar-refractivity contribution in [1.82, 2.24) is 9.47 Å². The number of aromatic hydroxyl groups is 1. The lowest BCUT2D eigenvalue weighted by Crippen LogP contribution is -2.55. The number of rotatable bonds is 0. The molecule has 6 nitrogen and oxygen atoms in total. The van der Waals surface area contributed by atoms with E-state index in [4.69, 9.17) is 4.74 Å². The van der Waals surface area contributed by atoms with Crippen molar-refractivity contribution >= 4 is 5.91 Å². The topological polar surface area (TPSA) is 71.8 Å². The highest BCUT2D eigenvalue weighted by Crippen LogP contribution is 2.27.